The van der Waals surface area contributed by atoms with Crippen molar-refractivity contribution in [2.45, 2.75) is 98.3 Å². The van der Waals surface area contributed by atoms with Gasteiger partial charge in [0.25, 0.3) is 0 Å². The predicted octanol–water partition coefficient (Wildman–Crippen LogP) is 7.34. The summed E-state index contributed by atoms with van der Waals surface area (Å²) in [4.78, 5) is 0. The minimum atomic E-state index is -1.83. The predicted molar refractivity (Wildman–Crippen MR) is 99.2 cm³/mol. The minimum Gasteiger partial charge on any atom is -0.324 e. The molecule has 0 aromatic rings. The van der Waals surface area contributed by atoms with Crippen LogP contribution in [0.4, 0.5) is 0 Å². The third-order valence-corrected chi connectivity index (χ3v) is 8.37. The average Bonchev–Trinajstić information content (AvgIpc) is 2.50. The van der Waals surface area contributed by atoms with Gasteiger partial charge >= 0.3 is 0 Å². The Kier molecular flexibility index (Phi) is 14.0. The SMILES string of the molecule is CCCCCCCCP(=O)(CC)CCCCCC(C)CC. The van der Waals surface area contributed by atoms with Gasteiger partial charge in [0.15, 0.2) is 0 Å². The fraction of sp³-hybridized carbons (Fsp3) is 1.00. The molecule has 2 atom stereocenters. The highest BCUT2D eigenvalue weighted by atomic mass is 31.2. The van der Waals surface area contributed by atoms with Crippen LogP contribution in [0.25, 0.3) is 0 Å². The van der Waals surface area contributed by atoms with Gasteiger partial charge in [-0.25, -0.2) is 0 Å². The normalized spacial score (nSPS) is 15.8. The number of unbranched alkanes of at least 4 members (excludes halogenated alkanes) is 7. The van der Waals surface area contributed by atoms with E-state index >= 15 is 0 Å². The Morgan fingerprint density at radius 1 is 0.762 bits per heavy atom. The van der Waals surface area contributed by atoms with Crippen molar-refractivity contribution < 1.29 is 4.57 Å². The van der Waals surface area contributed by atoms with E-state index in [9.17, 15) is 4.57 Å². The molecule has 2 heteroatoms. The van der Waals surface area contributed by atoms with Gasteiger partial charge in [0.1, 0.15) is 0 Å². The van der Waals surface area contributed by atoms with Crippen molar-refractivity contribution in [2.24, 2.45) is 5.92 Å². The van der Waals surface area contributed by atoms with Crippen molar-refractivity contribution in [1.29, 1.82) is 0 Å². The lowest BCUT2D eigenvalue weighted by molar-refractivity contribution is 0.482. The maximum atomic E-state index is 12.8. The molecule has 0 radical (unpaired) electrons. The maximum Gasteiger partial charge on any atom is 0.0875 e. The van der Waals surface area contributed by atoms with E-state index in [2.05, 4.69) is 27.7 Å². The monoisotopic (exact) mass is 316 g/mol. The van der Waals surface area contributed by atoms with Gasteiger partial charge in [0.05, 0.1) is 7.14 Å². The number of hydrogen-bond donors (Lipinski definition) is 0. The molecule has 1 nitrogen and oxygen atoms in total. The van der Waals surface area contributed by atoms with Crippen LogP contribution in [0, 0.1) is 5.92 Å². The van der Waals surface area contributed by atoms with Gasteiger partial charge in [-0.3, -0.25) is 0 Å². The highest BCUT2D eigenvalue weighted by Crippen LogP contribution is 2.47. The second-order valence-corrected chi connectivity index (χ2v) is 10.6. The van der Waals surface area contributed by atoms with Crippen LogP contribution in [0.5, 0.6) is 0 Å². The maximum absolute atomic E-state index is 12.8. The molecule has 0 saturated carbocycles. The fourth-order valence-corrected chi connectivity index (χ4v) is 5.34. The summed E-state index contributed by atoms with van der Waals surface area (Å²) < 4.78 is 12.8. The summed E-state index contributed by atoms with van der Waals surface area (Å²) in [6.45, 7) is 9.01. The first kappa shape index (κ1) is 21.2. The molecule has 0 rings (SSSR count). The van der Waals surface area contributed by atoms with Crippen molar-refractivity contribution in [2.75, 3.05) is 18.5 Å². The van der Waals surface area contributed by atoms with E-state index in [-0.39, 0.29) is 0 Å². The van der Waals surface area contributed by atoms with Crippen LogP contribution >= 0.6 is 7.14 Å². The molecule has 0 N–H and O–H groups in total. The van der Waals surface area contributed by atoms with Crippen LogP contribution in [0.1, 0.15) is 98.3 Å². The van der Waals surface area contributed by atoms with Crippen LogP contribution in [0.15, 0.2) is 0 Å². The molecule has 2 unspecified atom stereocenters. The standard InChI is InChI=1S/C19H41OP/c1-5-8-9-10-11-14-17-21(20,7-3)18-15-12-13-16-19(4)6-2/h19H,5-18H2,1-4H3. The second kappa shape index (κ2) is 13.9. The molecular formula is C19H41OP. The Hall–Kier alpha value is 0.230. The molecular weight excluding hydrogens is 275 g/mol. The van der Waals surface area contributed by atoms with Gasteiger partial charge < -0.3 is 4.57 Å². The Labute approximate surface area is 135 Å². The van der Waals surface area contributed by atoms with Crippen LogP contribution in [-0.4, -0.2) is 18.5 Å². The highest BCUT2D eigenvalue weighted by Gasteiger charge is 2.18. The Morgan fingerprint density at radius 2 is 1.29 bits per heavy atom. The van der Waals surface area contributed by atoms with E-state index in [1.165, 1.54) is 70.6 Å². The summed E-state index contributed by atoms with van der Waals surface area (Å²) in [6, 6.07) is 0. The third-order valence-electron chi connectivity index (χ3n) is 4.95. The summed E-state index contributed by atoms with van der Waals surface area (Å²) >= 11 is 0. The van der Waals surface area contributed by atoms with Crippen molar-refractivity contribution in [3.63, 3.8) is 0 Å². The molecule has 0 bridgehead atoms. The Balaban J connectivity index is 3.67. The number of rotatable bonds is 15. The first-order chi connectivity index (χ1) is 10.1. The molecule has 0 amide bonds. The van der Waals surface area contributed by atoms with E-state index in [1.807, 2.05) is 0 Å². The van der Waals surface area contributed by atoms with Gasteiger partial charge in [0.2, 0.25) is 0 Å². The zero-order chi connectivity index (χ0) is 16.0. The fourth-order valence-electron chi connectivity index (χ4n) is 2.88. The van der Waals surface area contributed by atoms with E-state index in [0.717, 1.165) is 24.4 Å². The third kappa shape index (κ3) is 12.5. The lowest BCUT2D eigenvalue weighted by Gasteiger charge is -2.16. The molecule has 0 aliphatic rings. The van der Waals surface area contributed by atoms with Gasteiger partial charge in [-0.1, -0.05) is 85.5 Å². The summed E-state index contributed by atoms with van der Waals surface area (Å²) in [6.07, 6.45) is 17.3. The molecule has 0 aromatic heterocycles. The molecule has 0 aromatic carbocycles. The molecule has 0 aliphatic heterocycles. The van der Waals surface area contributed by atoms with Gasteiger partial charge in [-0.05, 0) is 24.9 Å². The topological polar surface area (TPSA) is 17.1 Å². The molecule has 0 spiro atoms. The van der Waals surface area contributed by atoms with Crippen molar-refractivity contribution in [1.82, 2.24) is 0 Å². The summed E-state index contributed by atoms with van der Waals surface area (Å²) in [5.74, 6) is 0.867. The molecule has 0 aliphatic carbocycles. The largest absolute Gasteiger partial charge is 0.324 e. The van der Waals surface area contributed by atoms with Crippen LogP contribution < -0.4 is 0 Å². The number of hydrogen-bond acceptors (Lipinski definition) is 1. The molecule has 0 heterocycles. The van der Waals surface area contributed by atoms with E-state index < -0.39 is 7.14 Å². The minimum absolute atomic E-state index is 0.867. The molecule has 0 fully saturated rings. The van der Waals surface area contributed by atoms with Crippen molar-refractivity contribution in [3.05, 3.63) is 0 Å². The lowest BCUT2D eigenvalue weighted by atomic mass is 10.0. The summed E-state index contributed by atoms with van der Waals surface area (Å²) in [5.41, 5.74) is 0. The Morgan fingerprint density at radius 3 is 1.81 bits per heavy atom. The van der Waals surface area contributed by atoms with E-state index in [4.69, 9.17) is 0 Å². The Bertz CT molecular complexity index is 262. The van der Waals surface area contributed by atoms with Crippen molar-refractivity contribution in [3.8, 4) is 0 Å². The van der Waals surface area contributed by atoms with Crippen LogP contribution in [-0.2, 0) is 4.57 Å². The van der Waals surface area contributed by atoms with Crippen LogP contribution in [0.2, 0.25) is 0 Å². The van der Waals surface area contributed by atoms with Gasteiger partial charge in [-0.15, -0.1) is 0 Å². The second-order valence-electron chi connectivity index (χ2n) is 6.95. The lowest BCUT2D eigenvalue weighted by Crippen LogP contribution is -2.00. The summed E-state index contributed by atoms with van der Waals surface area (Å²) in [7, 11) is -1.83. The van der Waals surface area contributed by atoms with Gasteiger partial charge in [-0.2, -0.15) is 0 Å². The van der Waals surface area contributed by atoms with E-state index in [1.54, 1.807) is 0 Å². The first-order valence-corrected chi connectivity index (χ1v) is 11.9. The van der Waals surface area contributed by atoms with Gasteiger partial charge in [0, 0.05) is 12.3 Å². The average molecular weight is 317 g/mol. The van der Waals surface area contributed by atoms with Crippen molar-refractivity contribution >= 4 is 7.14 Å². The molecule has 0 saturated heterocycles. The molecule has 128 valence electrons. The summed E-state index contributed by atoms with van der Waals surface area (Å²) in [5, 5.41) is 0. The zero-order valence-corrected chi connectivity index (χ0v) is 16.2. The van der Waals surface area contributed by atoms with E-state index in [0.29, 0.717) is 0 Å². The molecule has 21 heavy (non-hydrogen) atoms. The first-order valence-electron chi connectivity index (χ1n) is 9.65. The smallest absolute Gasteiger partial charge is 0.0875 e. The highest BCUT2D eigenvalue weighted by molar-refractivity contribution is 7.63. The zero-order valence-electron chi connectivity index (χ0n) is 15.3. The quantitative estimate of drug-likeness (QED) is 0.228. The van der Waals surface area contributed by atoms with Crippen LogP contribution in [0.3, 0.4) is 0 Å².